The molecule has 1 aromatic heterocycles. The Kier molecular flexibility index (Phi) is 5.47. The van der Waals surface area contributed by atoms with E-state index < -0.39 is 5.97 Å². The highest BCUT2D eigenvalue weighted by Crippen LogP contribution is 2.19. The van der Waals surface area contributed by atoms with Crippen molar-refractivity contribution in [2.45, 2.75) is 6.92 Å². The highest BCUT2D eigenvalue weighted by molar-refractivity contribution is 6.04. The van der Waals surface area contributed by atoms with Crippen molar-refractivity contribution >= 4 is 28.9 Å². The molecule has 6 nitrogen and oxygen atoms in total. The summed E-state index contributed by atoms with van der Waals surface area (Å²) in [6.45, 7) is 2.01. The predicted molar refractivity (Wildman–Crippen MR) is 104 cm³/mol. The zero-order valence-electron chi connectivity index (χ0n) is 15.0. The number of hydrogen-bond acceptors (Lipinski definition) is 5. The van der Waals surface area contributed by atoms with Crippen molar-refractivity contribution in [3.8, 4) is 0 Å². The molecule has 27 heavy (non-hydrogen) atoms. The Morgan fingerprint density at radius 1 is 0.926 bits per heavy atom. The van der Waals surface area contributed by atoms with Crippen LogP contribution in [0.4, 0.5) is 17.1 Å². The van der Waals surface area contributed by atoms with Crippen LogP contribution in [0.25, 0.3) is 0 Å². The molecular weight excluding hydrogens is 342 g/mol. The molecule has 3 aromatic rings. The van der Waals surface area contributed by atoms with Crippen molar-refractivity contribution in [2.24, 2.45) is 0 Å². The molecule has 3 rings (SSSR count). The van der Waals surface area contributed by atoms with Crippen molar-refractivity contribution in [1.29, 1.82) is 0 Å². The van der Waals surface area contributed by atoms with Gasteiger partial charge in [0, 0.05) is 23.3 Å². The van der Waals surface area contributed by atoms with Crippen LogP contribution in [0.1, 0.15) is 26.4 Å². The zero-order chi connectivity index (χ0) is 19.2. The first-order valence-corrected chi connectivity index (χ1v) is 8.34. The van der Waals surface area contributed by atoms with Gasteiger partial charge >= 0.3 is 5.97 Å². The Morgan fingerprint density at radius 3 is 2.44 bits per heavy atom. The number of nitrogens with zero attached hydrogens (tertiary/aromatic N) is 1. The molecule has 0 aliphatic rings. The van der Waals surface area contributed by atoms with Crippen LogP contribution in [0.5, 0.6) is 0 Å². The number of hydrogen-bond donors (Lipinski definition) is 2. The largest absolute Gasteiger partial charge is 0.465 e. The number of carbonyl (C=O) groups excluding carboxylic acids is 2. The lowest BCUT2D eigenvalue weighted by Crippen LogP contribution is -2.14. The second-order valence-electron chi connectivity index (χ2n) is 5.95. The average Bonchev–Trinajstić information content (AvgIpc) is 2.68. The first-order chi connectivity index (χ1) is 13.0. The second kappa shape index (κ2) is 8.14. The maximum Gasteiger partial charge on any atom is 0.337 e. The summed E-state index contributed by atoms with van der Waals surface area (Å²) in [6.07, 6.45) is 1.57. The van der Waals surface area contributed by atoms with Gasteiger partial charge in [0.25, 0.3) is 5.91 Å². The number of aromatic nitrogens is 1. The van der Waals surface area contributed by atoms with Gasteiger partial charge < -0.3 is 15.4 Å². The number of amides is 1. The number of carbonyl (C=O) groups is 2. The highest BCUT2D eigenvalue weighted by atomic mass is 16.5. The third-order valence-electron chi connectivity index (χ3n) is 3.84. The van der Waals surface area contributed by atoms with Crippen molar-refractivity contribution < 1.29 is 14.3 Å². The van der Waals surface area contributed by atoms with E-state index in [1.807, 2.05) is 31.2 Å². The van der Waals surface area contributed by atoms with Crippen LogP contribution in [0.3, 0.4) is 0 Å². The molecule has 2 N–H and O–H groups in total. The van der Waals surface area contributed by atoms with E-state index in [2.05, 4.69) is 20.4 Å². The molecule has 1 heterocycles. The molecule has 0 saturated carbocycles. The van der Waals surface area contributed by atoms with Gasteiger partial charge in [-0.3, -0.25) is 9.78 Å². The van der Waals surface area contributed by atoms with E-state index >= 15 is 0 Å². The summed E-state index contributed by atoms with van der Waals surface area (Å²) in [5.41, 5.74) is 3.93. The highest BCUT2D eigenvalue weighted by Gasteiger charge is 2.11. The monoisotopic (exact) mass is 361 g/mol. The molecule has 1 amide bonds. The van der Waals surface area contributed by atoms with Gasteiger partial charge in [0.05, 0.1) is 12.7 Å². The number of ether oxygens (including phenoxy) is 1. The molecule has 0 aliphatic heterocycles. The Hall–Kier alpha value is -3.67. The fourth-order valence-corrected chi connectivity index (χ4v) is 2.56. The maximum absolute atomic E-state index is 12.5. The minimum atomic E-state index is -0.464. The SMILES string of the molecule is COC(=O)c1cccc(NC(=O)c2cc(Nc3cccc(C)c3)ccn2)c1. The summed E-state index contributed by atoms with van der Waals surface area (Å²) in [5, 5.41) is 6.00. The summed E-state index contributed by atoms with van der Waals surface area (Å²) in [6, 6.07) is 17.9. The smallest absolute Gasteiger partial charge is 0.337 e. The molecule has 0 bridgehead atoms. The topological polar surface area (TPSA) is 80.3 Å². The van der Waals surface area contributed by atoms with Crippen molar-refractivity contribution in [3.63, 3.8) is 0 Å². The fourth-order valence-electron chi connectivity index (χ4n) is 2.56. The summed E-state index contributed by atoms with van der Waals surface area (Å²) in [5.74, 6) is -0.835. The molecule has 0 atom stereocenters. The third kappa shape index (κ3) is 4.70. The van der Waals surface area contributed by atoms with Gasteiger partial charge in [-0.1, -0.05) is 18.2 Å². The van der Waals surface area contributed by atoms with Crippen molar-refractivity contribution in [1.82, 2.24) is 4.98 Å². The standard InChI is InChI=1S/C21H19N3O3/c1-14-5-3-7-16(11-14)23-18-9-10-22-19(13-18)20(25)24-17-8-4-6-15(12-17)21(26)27-2/h3-13H,1-2H3,(H,22,23)(H,24,25). The molecule has 136 valence electrons. The van der Waals surface area contributed by atoms with Crippen LogP contribution in [0, 0.1) is 6.92 Å². The van der Waals surface area contributed by atoms with Gasteiger partial charge in [-0.15, -0.1) is 0 Å². The van der Waals surface area contributed by atoms with Crippen LogP contribution in [0.2, 0.25) is 0 Å². The first kappa shape index (κ1) is 18.1. The van der Waals surface area contributed by atoms with Gasteiger partial charge in [-0.2, -0.15) is 0 Å². The average molecular weight is 361 g/mol. The number of benzene rings is 2. The van der Waals surface area contributed by atoms with E-state index in [-0.39, 0.29) is 11.6 Å². The van der Waals surface area contributed by atoms with Crippen molar-refractivity contribution in [3.05, 3.63) is 83.7 Å². The van der Waals surface area contributed by atoms with Gasteiger partial charge in [0.2, 0.25) is 0 Å². The molecule has 0 radical (unpaired) electrons. The number of methoxy groups -OCH3 is 1. The Morgan fingerprint density at radius 2 is 1.67 bits per heavy atom. The Balaban J connectivity index is 1.75. The van der Waals surface area contributed by atoms with Crippen LogP contribution in [0.15, 0.2) is 66.9 Å². The Labute approximate surface area is 157 Å². The van der Waals surface area contributed by atoms with Gasteiger partial charge in [-0.05, 0) is 55.0 Å². The zero-order valence-corrected chi connectivity index (χ0v) is 15.0. The van der Waals surface area contributed by atoms with E-state index in [1.54, 1.807) is 42.6 Å². The van der Waals surface area contributed by atoms with E-state index in [0.717, 1.165) is 16.9 Å². The summed E-state index contributed by atoms with van der Waals surface area (Å²) < 4.78 is 4.69. The number of aryl methyl sites for hydroxylation is 1. The van der Waals surface area contributed by atoms with Crippen LogP contribution in [-0.2, 0) is 4.74 Å². The fraction of sp³-hybridized carbons (Fsp3) is 0.0952. The maximum atomic E-state index is 12.5. The number of pyridine rings is 1. The second-order valence-corrected chi connectivity index (χ2v) is 5.95. The lowest BCUT2D eigenvalue weighted by atomic mass is 10.2. The molecule has 0 aliphatic carbocycles. The van der Waals surface area contributed by atoms with E-state index in [1.165, 1.54) is 7.11 Å². The number of anilines is 3. The summed E-state index contributed by atoms with van der Waals surface area (Å²) in [4.78, 5) is 28.2. The summed E-state index contributed by atoms with van der Waals surface area (Å²) >= 11 is 0. The van der Waals surface area contributed by atoms with Crippen LogP contribution >= 0.6 is 0 Å². The quantitative estimate of drug-likeness (QED) is 0.667. The lowest BCUT2D eigenvalue weighted by molar-refractivity contribution is 0.0600. The van der Waals surface area contributed by atoms with Crippen molar-refractivity contribution in [2.75, 3.05) is 17.7 Å². The number of esters is 1. The summed E-state index contributed by atoms with van der Waals surface area (Å²) in [7, 11) is 1.31. The number of nitrogens with one attached hydrogen (secondary N) is 2. The van der Waals surface area contributed by atoms with Crippen LogP contribution < -0.4 is 10.6 Å². The molecular formula is C21H19N3O3. The van der Waals surface area contributed by atoms with Crippen LogP contribution in [-0.4, -0.2) is 24.0 Å². The molecule has 0 spiro atoms. The minimum Gasteiger partial charge on any atom is -0.465 e. The first-order valence-electron chi connectivity index (χ1n) is 8.34. The Bertz CT molecular complexity index is 986. The predicted octanol–water partition coefficient (Wildman–Crippen LogP) is 4.17. The molecule has 0 fully saturated rings. The molecule has 0 unspecified atom stereocenters. The van der Waals surface area contributed by atoms with Gasteiger partial charge in [0.1, 0.15) is 5.69 Å². The third-order valence-corrected chi connectivity index (χ3v) is 3.84. The minimum absolute atomic E-state index is 0.260. The molecule has 6 heteroatoms. The van der Waals surface area contributed by atoms with E-state index in [0.29, 0.717) is 11.3 Å². The normalized spacial score (nSPS) is 10.1. The van der Waals surface area contributed by atoms with E-state index in [9.17, 15) is 9.59 Å². The molecule has 2 aromatic carbocycles. The van der Waals surface area contributed by atoms with E-state index in [4.69, 9.17) is 0 Å². The van der Waals surface area contributed by atoms with Gasteiger partial charge in [-0.25, -0.2) is 4.79 Å². The van der Waals surface area contributed by atoms with Gasteiger partial charge in [0.15, 0.2) is 0 Å². The number of rotatable bonds is 5. The molecule has 0 saturated heterocycles. The lowest BCUT2D eigenvalue weighted by Gasteiger charge is -2.09.